The number of aromatic nitrogens is 1. The minimum absolute atomic E-state index is 0.0216. The van der Waals surface area contributed by atoms with Gasteiger partial charge in [0.05, 0.1) is 30.9 Å². The van der Waals surface area contributed by atoms with Crippen LogP contribution in [0.5, 0.6) is 0 Å². The Kier molecular flexibility index (Phi) is 5.00. The number of aryl methyl sites for hydroxylation is 1. The van der Waals surface area contributed by atoms with Crippen LogP contribution in [-0.4, -0.2) is 15.8 Å². The number of thiophene rings is 1. The number of nitrogens with zero attached hydrogens (tertiary/aromatic N) is 2. The van der Waals surface area contributed by atoms with Crippen molar-refractivity contribution in [2.45, 2.75) is 6.92 Å². The first-order chi connectivity index (χ1) is 13.9. The molecule has 144 valence electrons. The zero-order valence-corrected chi connectivity index (χ0v) is 16.8. The Bertz CT molecular complexity index is 1270. The summed E-state index contributed by atoms with van der Waals surface area (Å²) in [7, 11) is 0. The number of hydrogen-bond donors (Lipinski definition) is 1. The van der Waals surface area contributed by atoms with E-state index in [-0.39, 0.29) is 11.6 Å². The van der Waals surface area contributed by atoms with Gasteiger partial charge in [-0.25, -0.2) is 4.98 Å². The lowest BCUT2D eigenvalue weighted by atomic mass is 10.1. The Balaban J connectivity index is 1.76. The van der Waals surface area contributed by atoms with Crippen LogP contribution >= 0.6 is 22.9 Å². The highest BCUT2D eigenvalue weighted by Crippen LogP contribution is 2.32. The number of amides is 1. The number of rotatable bonds is 4. The van der Waals surface area contributed by atoms with Gasteiger partial charge in [0.2, 0.25) is 0 Å². The van der Waals surface area contributed by atoms with Gasteiger partial charge in [-0.3, -0.25) is 14.9 Å². The molecule has 4 rings (SSSR count). The fourth-order valence-corrected chi connectivity index (χ4v) is 4.04. The highest BCUT2D eigenvalue weighted by Gasteiger charge is 2.16. The number of halogens is 1. The number of para-hydroxylation sites is 1. The molecule has 0 fully saturated rings. The van der Waals surface area contributed by atoms with Gasteiger partial charge in [-0.2, -0.15) is 0 Å². The second-order valence-electron chi connectivity index (χ2n) is 6.39. The highest BCUT2D eigenvalue weighted by atomic mass is 35.5. The predicted molar refractivity (Wildman–Crippen MR) is 116 cm³/mol. The van der Waals surface area contributed by atoms with Crippen molar-refractivity contribution in [3.8, 4) is 10.6 Å². The number of carbonyl (C=O) groups excluding carboxylic acids is 1. The molecule has 0 radical (unpaired) electrons. The molecule has 0 unspecified atom stereocenters. The fraction of sp³-hybridized carbons (Fsp3) is 0.0476. The third-order valence-electron chi connectivity index (χ3n) is 4.46. The number of anilines is 1. The number of nitro benzene ring substituents is 1. The third-order valence-corrected chi connectivity index (χ3v) is 5.71. The second-order valence-corrected chi connectivity index (χ2v) is 8.10. The molecule has 1 amide bonds. The van der Waals surface area contributed by atoms with Gasteiger partial charge in [-0.1, -0.05) is 29.8 Å². The quantitative estimate of drug-likeness (QED) is 0.318. The fourth-order valence-electron chi connectivity index (χ4n) is 3.03. The highest BCUT2D eigenvalue weighted by molar-refractivity contribution is 7.19. The van der Waals surface area contributed by atoms with Crippen molar-refractivity contribution >= 4 is 51.1 Å². The van der Waals surface area contributed by atoms with Crippen molar-refractivity contribution in [3.63, 3.8) is 0 Å². The average Bonchev–Trinajstić information content (AvgIpc) is 3.14. The molecule has 4 aromatic rings. The van der Waals surface area contributed by atoms with E-state index >= 15 is 0 Å². The summed E-state index contributed by atoms with van der Waals surface area (Å²) in [5.74, 6) is -0.315. The van der Waals surface area contributed by atoms with Crippen molar-refractivity contribution in [3.05, 3.63) is 86.2 Å². The molecule has 1 N–H and O–H groups in total. The monoisotopic (exact) mass is 423 g/mol. The topological polar surface area (TPSA) is 85.1 Å². The van der Waals surface area contributed by atoms with Crippen LogP contribution in [0, 0.1) is 17.0 Å². The summed E-state index contributed by atoms with van der Waals surface area (Å²) in [5.41, 5.74) is 2.92. The van der Waals surface area contributed by atoms with Gasteiger partial charge in [0.1, 0.15) is 0 Å². The zero-order valence-electron chi connectivity index (χ0n) is 15.2. The number of fused-ring (bicyclic) bond motifs is 1. The van der Waals surface area contributed by atoms with Crippen LogP contribution < -0.4 is 5.32 Å². The maximum atomic E-state index is 13.1. The minimum atomic E-state index is -0.465. The molecule has 2 aromatic carbocycles. The van der Waals surface area contributed by atoms with Crippen molar-refractivity contribution in [1.29, 1.82) is 0 Å². The summed E-state index contributed by atoms with van der Waals surface area (Å²) in [6, 6.07) is 17.1. The molecule has 0 aliphatic rings. The summed E-state index contributed by atoms with van der Waals surface area (Å²) in [4.78, 5) is 29.1. The standard InChI is InChI=1S/C21H14ClN3O3S/c1-12-10-13(25(27)28)6-7-16(12)24-21(26)15-11-18(19-8-9-20(22)29-19)23-17-5-3-2-4-14(15)17/h2-11H,1H3,(H,24,26). The lowest BCUT2D eigenvalue weighted by Gasteiger charge is -2.11. The molecule has 0 saturated carbocycles. The summed E-state index contributed by atoms with van der Waals surface area (Å²) in [6.45, 7) is 1.71. The molecule has 29 heavy (non-hydrogen) atoms. The van der Waals surface area contributed by atoms with Gasteiger partial charge in [0.15, 0.2) is 0 Å². The number of benzene rings is 2. The number of pyridine rings is 1. The predicted octanol–water partition coefficient (Wildman–Crippen LogP) is 6.09. The largest absolute Gasteiger partial charge is 0.322 e. The number of nitrogens with one attached hydrogen (secondary N) is 1. The van der Waals surface area contributed by atoms with E-state index in [0.717, 1.165) is 10.3 Å². The van der Waals surface area contributed by atoms with Gasteiger partial charge < -0.3 is 5.32 Å². The van der Waals surface area contributed by atoms with E-state index < -0.39 is 4.92 Å². The van der Waals surface area contributed by atoms with Crippen LogP contribution in [-0.2, 0) is 0 Å². The van der Waals surface area contributed by atoms with Gasteiger partial charge in [-0.05, 0) is 42.8 Å². The Morgan fingerprint density at radius 3 is 2.62 bits per heavy atom. The smallest absolute Gasteiger partial charge is 0.269 e. The average molecular weight is 424 g/mol. The first-order valence-electron chi connectivity index (χ1n) is 8.64. The first-order valence-corrected chi connectivity index (χ1v) is 9.84. The summed E-state index contributed by atoms with van der Waals surface area (Å²) in [6.07, 6.45) is 0. The van der Waals surface area contributed by atoms with Crippen molar-refractivity contribution < 1.29 is 9.72 Å². The summed E-state index contributed by atoms with van der Waals surface area (Å²) in [5, 5.41) is 14.5. The van der Waals surface area contributed by atoms with E-state index in [1.54, 1.807) is 19.1 Å². The van der Waals surface area contributed by atoms with E-state index in [1.165, 1.54) is 29.5 Å². The lowest BCUT2D eigenvalue weighted by Crippen LogP contribution is -2.14. The van der Waals surface area contributed by atoms with Crippen molar-refractivity contribution in [2.24, 2.45) is 0 Å². The molecule has 0 bridgehead atoms. The van der Waals surface area contributed by atoms with Crippen LogP contribution in [0.25, 0.3) is 21.5 Å². The molecular weight excluding hydrogens is 410 g/mol. The van der Waals surface area contributed by atoms with Crippen LogP contribution in [0.4, 0.5) is 11.4 Å². The normalized spacial score (nSPS) is 10.8. The lowest BCUT2D eigenvalue weighted by molar-refractivity contribution is -0.384. The Morgan fingerprint density at radius 1 is 1.14 bits per heavy atom. The maximum absolute atomic E-state index is 13.1. The molecule has 6 nitrogen and oxygen atoms in total. The molecule has 0 spiro atoms. The number of nitro groups is 1. The third kappa shape index (κ3) is 3.83. The van der Waals surface area contributed by atoms with Crippen LogP contribution in [0.1, 0.15) is 15.9 Å². The summed E-state index contributed by atoms with van der Waals surface area (Å²) < 4.78 is 0.641. The van der Waals surface area contributed by atoms with Crippen LogP contribution in [0.15, 0.2) is 60.7 Å². The summed E-state index contributed by atoms with van der Waals surface area (Å²) >= 11 is 7.44. The van der Waals surface area contributed by atoms with Gasteiger partial charge in [0.25, 0.3) is 11.6 Å². The van der Waals surface area contributed by atoms with Gasteiger partial charge in [-0.15, -0.1) is 11.3 Å². The number of non-ortho nitro benzene ring substituents is 1. The second kappa shape index (κ2) is 7.62. The molecule has 0 aliphatic heterocycles. The SMILES string of the molecule is Cc1cc([N+](=O)[O-])ccc1NC(=O)c1cc(-c2ccc(Cl)s2)nc2ccccc12. The van der Waals surface area contributed by atoms with Crippen molar-refractivity contribution in [2.75, 3.05) is 5.32 Å². The molecule has 0 saturated heterocycles. The van der Waals surface area contributed by atoms with E-state index in [1.807, 2.05) is 30.3 Å². The molecule has 0 atom stereocenters. The Morgan fingerprint density at radius 2 is 1.93 bits per heavy atom. The van der Waals surface area contributed by atoms with Crippen LogP contribution in [0.2, 0.25) is 4.34 Å². The Hall–Kier alpha value is -3.29. The molecule has 0 aliphatic carbocycles. The van der Waals surface area contributed by atoms with E-state index in [0.29, 0.717) is 32.4 Å². The van der Waals surface area contributed by atoms with Crippen LogP contribution in [0.3, 0.4) is 0 Å². The van der Waals surface area contributed by atoms with Crippen molar-refractivity contribution in [1.82, 2.24) is 4.98 Å². The van der Waals surface area contributed by atoms with Gasteiger partial charge in [0, 0.05) is 23.2 Å². The molecule has 2 aromatic heterocycles. The zero-order chi connectivity index (χ0) is 20.5. The minimum Gasteiger partial charge on any atom is -0.322 e. The first kappa shape index (κ1) is 19.0. The molecule has 8 heteroatoms. The van der Waals surface area contributed by atoms with E-state index in [2.05, 4.69) is 10.3 Å². The Labute approximate surface area is 174 Å². The van der Waals surface area contributed by atoms with Gasteiger partial charge >= 0.3 is 0 Å². The van der Waals surface area contributed by atoms with E-state index in [9.17, 15) is 14.9 Å². The maximum Gasteiger partial charge on any atom is 0.269 e. The number of hydrogen-bond acceptors (Lipinski definition) is 5. The van der Waals surface area contributed by atoms with E-state index in [4.69, 9.17) is 11.6 Å². The number of carbonyl (C=O) groups is 1. The molecule has 2 heterocycles. The molecular formula is C21H14ClN3O3S.